The van der Waals surface area contributed by atoms with Crippen molar-refractivity contribution in [1.29, 1.82) is 0 Å². The van der Waals surface area contributed by atoms with E-state index in [1.54, 1.807) is 0 Å². The summed E-state index contributed by atoms with van der Waals surface area (Å²) in [5, 5.41) is 3.37. The molecule has 4 nitrogen and oxygen atoms in total. The number of nitrogens with one attached hydrogen (secondary N) is 1. The molecule has 0 atom stereocenters. The van der Waals surface area contributed by atoms with Gasteiger partial charge in [-0.05, 0) is 51.2 Å². The second-order valence-electron chi connectivity index (χ2n) is 5.85. The van der Waals surface area contributed by atoms with Crippen LogP contribution in [0, 0.1) is 6.92 Å². The number of unbranched alkanes of at least 4 members (excludes halogenated alkanes) is 3. The maximum atomic E-state index is 4.73. The first-order valence-corrected chi connectivity index (χ1v) is 8.69. The Hall–Kier alpha value is -1.11. The SMILES string of the molecule is C=CCCCCCN(C)C(=NCCc1ccc(C)nc1)NCC.I. The van der Waals surface area contributed by atoms with Gasteiger partial charge in [0.25, 0.3) is 0 Å². The van der Waals surface area contributed by atoms with E-state index in [0.717, 1.165) is 44.1 Å². The number of nitrogens with zero attached hydrogens (tertiary/aromatic N) is 3. The molecule has 24 heavy (non-hydrogen) atoms. The second kappa shape index (κ2) is 14.3. The third-order valence-corrected chi connectivity index (χ3v) is 3.73. The zero-order valence-corrected chi connectivity index (χ0v) is 17.8. The van der Waals surface area contributed by atoms with Gasteiger partial charge in [-0.15, -0.1) is 30.6 Å². The molecule has 1 rings (SSSR count). The highest BCUT2D eigenvalue weighted by molar-refractivity contribution is 14.0. The molecule has 0 aliphatic carbocycles. The fourth-order valence-corrected chi connectivity index (χ4v) is 2.33. The standard InChI is InChI=1S/C19H32N4.HI/c1-5-7-8-9-10-15-23(4)19(20-6-2)21-14-13-18-12-11-17(3)22-16-18;/h5,11-12,16H,1,6-10,13-15H2,2-4H3,(H,20,21);1H. The largest absolute Gasteiger partial charge is 0.357 e. The highest BCUT2D eigenvalue weighted by atomic mass is 127. The summed E-state index contributed by atoms with van der Waals surface area (Å²) >= 11 is 0. The van der Waals surface area contributed by atoms with Gasteiger partial charge in [0, 0.05) is 38.6 Å². The molecule has 0 bridgehead atoms. The topological polar surface area (TPSA) is 40.5 Å². The number of aryl methyl sites for hydroxylation is 1. The average Bonchev–Trinajstić information content (AvgIpc) is 2.55. The molecule has 0 unspecified atom stereocenters. The van der Waals surface area contributed by atoms with Crippen molar-refractivity contribution in [2.45, 2.75) is 46.0 Å². The van der Waals surface area contributed by atoms with Crippen molar-refractivity contribution in [2.24, 2.45) is 4.99 Å². The number of halogens is 1. The molecule has 0 aromatic carbocycles. The summed E-state index contributed by atoms with van der Waals surface area (Å²) in [5.41, 5.74) is 2.30. The predicted octanol–water partition coefficient (Wildman–Crippen LogP) is 4.19. The third-order valence-electron chi connectivity index (χ3n) is 3.73. The van der Waals surface area contributed by atoms with Gasteiger partial charge in [0.1, 0.15) is 0 Å². The quantitative estimate of drug-likeness (QED) is 0.193. The average molecular weight is 444 g/mol. The lowest BCUT2D eigenvalue weighted by atomic mass is 10.2. The van der Waals surface area contributed by atoms with E-state index in [0.29, 0.717) is 0 Å². The van der Waals surface area contributed by atoms with Crippen molar-refractivity contribution < 1.29 is 0 Å². The van der Waals surface area contributed by atoms with Gasteiger partial charge >= 0.3 is 0 Å². The van der Waals surface area contributed by atoms with E-state index in [1.807, 2.05) is 19.2 Å². The van der Waals surface area contributed by atoms with Crippen LogP contribution in [0.3, 0.4) is 0 Å². The van der Waals surface area contributed by atoms with Gasteiger partial charge in [-0.2, -0.15) is 0 Å². The van der Waals surface area contributed by atoms with Crippen molar-refractivity contribution in [3.05, 3.63) is 42.2 Å². The zero-order valence-electron chi connectivity index (χ0n) is 15.4. The van der Waals surface area contributed by atoms with Gasteiger partial charge in [0.15, 0.2) is 5.96 Å². The number of guanidine groups is 1. The van der Waals surface area contributed by atoms with Gasteiger partial charge < -0.3 is 10.2 Å². The van der Waals surface area contributed by atoms with E-state index in [1.165, 1.54) is 24.8 Å². The molecule has 136 valence electrons. The van der Waals surface area contributed by atoms with Crippen molar-refractivity contribution in [3.8, 4) is 0 Å². The molecule has 0 saturated heterocycles. The minimum atomic E-state index is 0. The number of rotatable bonds is 10. The number of hydrogen-bond acceptors (Lipinski definition) is 2. The molecule has 0 aliphatic rings. The van der Waals surface area contributed by atoms with Gasteiger partial charge in [-0.1, -0.05) is 18.6 Å². The highest BCUT2D eigenvalue weighted by Gasteiger charge is 2.04. The molecule has 0 spiro atoms. The van der Waals surface area contributed by atoms with Gasteiger partial charge in [-0.25, -0.2) is 0 Å². The summed E-state index contributed by atoms with van der Waals surface area (Å²) in [5.74, 6) is 0.997. The normalized spacial score (nSPS) is 10.9. The molecular formula is C19H33IN4. The summed E-state index contributed by atoms with van der Waals surface area (Å²) in [6.45, 7) is 10.6. The Balaban J connectivity index is 0.00000529. The summed E-state index contributed by atoms with van der Waals surface area (Å²) in [4.78, 5) is 11.3. The molecule has 0 fully saturated rings. The lowest BCUT2D eigenvalue weighted by Gasteiger charge is -2.22. The van der Waals surface area contributed by atoms with Crippen molar-refractivity contribution >= 4 is 29.9 Å². The van der Waals surface area contributed by atoms with Crippen LogP contribution in [0.5, 0.6) is 0 Å². The number of hydrogen-bond donors (Lipinski definition) is 1. The van der Waals surface area contributed by atoms with Crippen molar-refractivity contribution in [2.75, 3.05) is 26.7 Å². The number of aromatic nitrogens is 1. The summed E-state index contributed by atoms with van der Waals surface area (Å²) in [7, 11) is 2.11. The highest BCUT2D eigenvalue weighted by Crippen LogP contribution is 2.03. The number of allylic oxidation sites excluding steroid dienone is 1. The van der Waals surface area contributed by atoms with Crippen LogP contribution in [-0.4, -0.2) is 42.5 Å². The molecule has 1 heterocycles. The second-order valence-corrected chi connectivity index (χ2v) is 5.85. The summed E-state index contributed by atoms with van der Waals surface area (Å²) in [6, 6.07) is 4.19. The van der Waals surface area contributed by atoms with Gasteiger partial charge in [-0.3, -0.25) is 9.98 Å². The molecule has 0 aliphatic heterocycles. The monoisotopic (exact) mass is 444 g/mol. The number of pyridine rings is 1. The summed E-state index contributed by atoms with van der Waals surface area (Å²) in [6.07, 6.45) is 9.64. The molecule has 1 aromatic rings. The molecule has 5 heteroatoms. The lowest BCUT2D eigenvalue weighted by Crippen LogP contribution is -2.39. The minimum absolute atomic E-state index is 0. The van der Waals surface area contributed by atoms with E-state index in [4.69, 9.17) is 4.99 Å². The molecular weight excluding hydrogens is 411 g/mol. The van der Waals surface area contributed by atoms with Crippen molar-refractivity contribution in [3.63, 3.8) is 0 Å². The van der Waals surface area contributed by atoms with E-state index >= 15 is 0 Å². The van der Waals surface area contributed by atoms with Crippen molar-refractivity contribution in [1.82, 2.24) is 15.2 Å². The Labute approximate surface area is 164 Å². The van der Waals surface area contributed by atoms with Crippen LogP contribution in [-0.2, 0) is 6.42 Å². The lowest BCUT2D eigenvalue weighted by molar-refractivity contribution is 0.455. The molecule has 0 radical (unpaired) electrons. The minimum Gasteiger partial charge on any atom is -0.357 e. The maximum Gasteiger partial charge on any atom is 0.193 e. The fourth-order valence-electron chi connectivity index (χ4n) is 2.33. The maximum absolute atomic E-state index is 4.73. The molecule has 1 aromatic heterocycles. The van der Waals surface area contributed by atoms with Crippen LogP contribution < -0.4 is 5.32 Å². The first kappa shape index (κ1) is 22.9. The zero-order chi connectivity index (χ0) is 16.9. The van der Waals surface area contributed by atoms with Gasteiger partial charge in [0.05, 0.1) is 0 Å². The van der Waals surface area contributed by atoms with Crippen LogP contribution in [0.15, 0.2) is 36.0 Å². The van der Waals surface area contributed by atoms with E-state index in [-0.39, 0.29) is 24.0 Å². The Morgan fingerprint density at radius 3 is 2.75 bits per heavy atom. The fraction of sp³-hybridized carbons (Fsp3) is 0.579. The van der Waals surface area contributed by atoms with Crippen LogP contribution in [0.2, 0.25) is 0 Å². The molecule has 0 amide bonds. The molecule has 0 saturated carbocycles. The smallest absolute Gasteiger partial charge is 0.193 e. The van der Waals surface area contributed by atoms with Crippen LogP contribution >= 0.6 is 24.0 Å². The third kappa shape index (κ3) is 9.90. The number of aliphatic imine (C=N–C) groups is 1. The van der Waals surface area contributed by atoms with E-state index in [9.17, 15) is 0 Å². The predicted molar refractivity (Wildman–Crippen MR) is 115 cm³/mol. The van der Waals surface area contributed by atoms with E-state index < -0.39 is 0 Å². The Morgan fingerprint density at radius 2 is 2.12 bits per heavy atom. The van der Waals surface area contributed by atoms with Crippen LogP contribution in [0.4, 0.5) is 0 Å². The Kier molecular flexibility index (Phi) is 13.6. The first-order chi connectivity index (χ1) is 11.2. The molecule has 1 N–H and O–H groups in total. The van der Waals surface area contributed by atoms with Crippen LogP contribution in [0.1, 0.15) is 43.9 Å². The Bertz CT molecular complexity index is 471. The summed E-state index contributed by atoms with van der Waals surface area (Å²) < 4.78 is 0. The Morgan fingerprint density at radius 1 is 1.33 bits per heavy atom. The van der Waals surface area contributed by atoms with E-state index in [2.05, 4.69) is 47.9 Å². The van der Waals surface area contributed by atoms with Crippen LogP contribution in [0.25, 0.3) is 0 Å². The first-order valence-electron chi connectivity index (χ1n) is 8.69. The van der Waals surface area contributed by atoms with Gasteiger partial charge in [0.2, 0.25) is 0 Å².